The number of fused-ring (bicyclic) bond motifs is 1. The molecule has 3 rings (SSSR count). The number of likely N-dealkylation sites (N-methyl/N-ethyl adjacent to an activating group) is 1. The van der Waals surface area contributed by atoms with E-state index in [1.54, 1.807) is 17.7 Å². The van der Waals surface area contributed by atoms with Crippen molar-refractivity contribution in [1.82, 2.24) is 19.9 Å². The van der Waals surface area contributed by atoms with E-state index in [-0.39, 0.29) is 0 Å². The summed E-state index contributed by atoms with van der Waals surface area (Å²) in [6.45, 7) is 1.98. The van der Waals surface area contributed by atoms with Crippen molar-refractivity contribution in [2.75, 3.05) is 13.6 Å². The van der Waals surface area contributed by atoms with Gasteiger partial charge in [0.25, 0.3) is 0 Å². The van der Waals surface area contributed by atoms with Crippen LogP contribution in [-0.4, -0.2) is 33.4 Å². The molecule has 0 bridgehead atoms. The van der Waals surface area contributed by atoms with Gasteiger partial charge in [-0.05, 0) is 13.5 Å². The summed E-state index contributed by atoms with van der Waals surface area (Å²) in [4.78, 5) is 15.3. The molecule has 0 aromatic carbocycles. The van der Waals surface area contributed by atoms with Crippen molar-refractivity contribution in [2.45, 2.75) is 13.0 Å². The van der Waals surface area contributed by atoms with Crippen LogP contribution in [0.5, 0.6) is 0 Å². The molecule has 0 radical (unpaired) electrons. The quantitative estimate of drug-likeness (QED) is 0.748. The third-order valence-corrected chi connectivity index (χ3v) is 3.46. The predicted molar refractivity (Wildman–Crippen MR) is 63.2 cm³/mol. The van der Waals surface area contributed by atoms with Crippen LogP contribution >= 0.6 is 11.3 Å². The molecule has 2 aromatic rings. The highest BCUT2D eigenvalue weighted by atomic mass is 32.1. The van der Waals surface area contributed by atoms with Gasteiger partial charge in [0.15, 0.2) is 0 Å². The summed E-state index contributed by atoms with van der Waals surface area (Å²) in [7, 11) is 2.12. The lowest BCUT2D eigenvalue weighted by Gasteiger charge is -2.24. The summed E-state index contributed by atoms with van der Waals surface area (Å²) in [5.41, 5.74) is 6.25. The van der Waals surface area contributed by atoms with Crippen molar-refractivity contribution in [2.24, 2.45) is 0 Å². The molecule has 0 aliphatic carbocycles. The second-order valence-electron chi connectivity index (χ2n) is 4.01. The van der Waals surface area contributed by atoms with Gasteiger partial charge < -0.3 is 4.90 Å². The Labute approximate surface area is 98.0 Å². The zero-order valence-electron chi connectivity index (χ0n) is 9.05. The van der Waals surface area contributed by atoms with Gasteiger partial charge in [0.2, 0.25) is 0 Å². The number of thiazole rings is 1. The molecular formula is C11H12N4S. The average Bonchev–Trinajstić information content (AvgIpc) is 2.81. The molecule has 0 fully saturated rings. The molecular weight excluding hydrogens is 220 g/mol. The molecule has 0 amide bonds. The van der Waals surface area contributed by atoms with Crippen molar-refractivity contribution < 1.29 is 0 Å². The lowest BCUT2D eigenvalue weighted by atomic mass is 10.0. The van der Waals surface area contributed by atoms with Crippen LogP contribution in [0, 0.1) is 0 Å². The molecule has 2 aromatic heterocycles. The highest BCUT2D eigenvalue weighted by molar-refractivity contribution is 7.07. The normalized spacial score (nSPS) is 16.1. The Morgan fingerprint density at radius 1 is 1.31 bits per heavy atom. The molecule has 0 saturated carbocycles. The van der Waals surface area contributed by atoms with E-state index in [1.165, 1.54) is 5.56 Å². The maximum Gasteiger partial charge on any atom is 0.116 e. The van der Waals surface area contributed by atoms with Crippen LogP contribution in [-0.2, 0) is 13.0 Å². The summed E-state index contributed by atoms with van der Waals surface area (Å²) in [5, 5.41) is 2.04. The number of hydrogen-bond donors (Lipinski definition) is 0. The summed E-state index contributed by atoms with van der Waals surface area (Å²) in [6.07, 6.45) is 2.66. The molecule has 16 heavy (non-hydrogen) atoms. The highest BCUT2D eigenvalue weighted by Gasteiger charge is 2.19. The van der Waals surface area contributed by atoms with E-state index >= 15 is 0 Å². The van der Waals surface area contributed by atoms with Crippen LogP contribution in [0.25, 0.3) is 11.4 Å². The van der Waals surface area contributed by atoms with E-state index in [0.717, 1.165) is 36.6 Å². The Balaban J connectivity index is 2.11. The van der Waals surface area contributed by atoms with E-state index in [1.807, 2.05) is 10.9 Å². The fourth-order valence-corrected chi connectivity index (χ4v) is 2.57. The second kappa shape index (κ2) is 3.92. The van der Waals surface area contributed by atoms with Gasteiger partial charge in [0.1, 0.15) is 6.33 Å². The lowest BCUT2D eigenvalue weighted by Crippen LogP contribution is -2.28. The van der Waals surface area contributed by atoms with Gasteiger partial charge in [-0.25, -0.2) is 15.0 Å². The number of rotatable bonds is 1. The maximum absolute atomic E-state index is 4.37. The molecule has 82 valence electrons. The third kappa shape index (κ3) is 1.62. The standard InChI is InChI=1S/C11H12N4S/c1-15-3-2-8-9(4-15)12-6-13-11(8)10-5-16-7-14-10/h5-7H,2-4H2,1H3. The maximum atomic E-state index is 4.37. The second-order valence-corrected chi connectivity index (χ2v) is 4.73. The molecule has 3 heterocycles. The van der Waals surface area contributed by atoms with E-state index in [4.69, 9.17) is 0 Å². The fraction of sp³-hybridized carbons (Fsp3) is 0.364. The molecule has 1 aliphatic rings. The fourth-order valence-electron chi connectivity index (χ4n) is 2.04. The highest BCUT2D eigenvalue weighted by Crippen LogP contribution is 2.26. The number of nitrogens with zero attached hydrogens (tertiary/aromatic N) is 4. The molecule has 5 heteroatoms. The topological polar surface area (TPSA) is 41.9 Å². The Morgan fingerprint density at radius 3 is 3.06 bits per heavy atom. The molecule has 1 aliphatic heterocycles. The smallest absolute Gasteiger partial charge is 0.116 e. The molecule has 0 N–H and O–H groups in total. The zero-order valence-corrected chi connectivity index (χ0v) is 9.87. The van der Waals surface area contributed by atoms with Crippen LogP contribution in [0.15, 0.2) is 17.2 Å². The van der Waals surface area contributed by atoms with Crippen LogP contribution in [0.2, 0.25) is 0 Å². The summed E-state index contributed by atoms with van der Waals surface area (Å²) < 4.78 is 0. The van der Waals surface area contributed by atoms with Gasteiger partial charge in [0, 0.05) is 24.0 Å². The minimum absolute atomic E-state index is 0.912. The SMILES string of the molecule is CN1CCc2c(ncnc2-c2cscn2)C1. The van der Waals surface area contributed by atoms with E-state index in [9.17, 15) is 0 Å². The van der Waals surface area contributed by atoms with Crippen molar-refractivity contribution in [1.29, 1.82) is 0 Å². The molecule has 4 nitrogen and oxygen atoms in total. The average molecular weight is 232 g/mol. The van der Waals surface area contributed by atoms with Gasteiger partial charge in [-0.15, -0.1) is 11.3 Å². The van der Waals surface area contributed by atoms with Gasteiger partial charge in [-0.3, -0.25) is 0 Å². The number of aromatic nitrogens is 3. The van der Waals surface area contributed by atoms with Crippen LogP contribution in [0.3, 0.4) is 0 Å². The largest absolute Gasteiger partial charge is 0.300 e. The molecule has 0 unspecified atom stereocenters. The minimum atomic E-state index is 0.912. The Bertz CT molecular complexity index is 495. The summed E-state index contributed by atoms with van der Waals surface area (Å²) in [6, 6.07) is 0. The van der Waals surface area contributed by atoms with Crippen molar-refractivity contribution >= 4 is 11.3 Å². The predicted octanol–water partition coefficient (Wildman–Crippen LogP) is 1.59. The third-order valence-electron chi connectivity index (χ3n) is 2.87. The first-order valence-electron chi connectivity index (χ1n) is 5.24. The molecule has 0 saturated heterocycles. The van der Waals surface area contributed by atoms with Crippen molar-refractivity contribution in [3.05, 3.63) is 28.5 Å². The van der Waals surface area contributed by atoms with E-state index in [2.05, 4.69) is 26.9 Å². The van der Waals surface area contributed by atoms with Crippen LogP contribution in [0.1, 0.15) is 11.3 Å². The van der Waals surface area contributed by atoms with Gasteiger partial charge in [-0.2, -0.15) is 0 Å². The molecule has 0 atom stereocenters. The zero-order chi connectivity index (χ0) is 11.0. The van der Waals surface area contributed by atoms with Gasteiger partial charge >= 0.3 is 0 Å². The summed E-state index contributed by atoms with van der Waals surface area (Å²) >= 11 is 1.60. The monoisotopic (exact) mass is 232 g/mol. The minimum Gasteiger partial charge on any atom is -0.300 e. The first kappa shape index (κ1) is 9.86. The first-order valence-corrected chi connectivity index (χ1v) is 6.19. The first-order chi connectivity index (χ1) is 7.84. The van der Waals surface area contributed by atoms with Crippen LogP contribution in [0.4, 0.5) is 0 Å². The summed E-state index contributed by atoms with van der Waals surface area (Å²) in [5.74, 6) is 0. The molecule has 0 spiro atoms. The van der Waals surface area contributed by atoms with Gasteiger partial charge in [-0.1, -0.05) is 0 Å². The Kier molecular flexibility index (Phi) is 2.41. The van der Waals surface area contributed by atoms with E-state index < -0.39 is 0 Å². The van der Waals surface area contributed by atoms with Crippen molar-refractivity contribution in [3.8, 4) is 11.4 Å². The lowest BCUT2D eigenvalue weighted by molar-refractivity contribution is 0.307. The Morgan fingerprint density at radius 2 is 2.25 bits per heavy atom. The Hall–Kier alpha value is -1.33. The van der Waals surface area contributed by atoms with Crippen molar-refractivity contribution in [3.63, 3.8) is 0 Å². The van der Waals surface area contributed by atoms with E-state index in [0.29, 0.717) is 0 Å². The van der Waals surface area contributed by atoms with Crippen LogP contribution < -0.4 is 0 Å². The van der Waals surface area contributed by atoms with Gasteiger partial charge in [0.05, 0.1) is 22.6 Å². The number of hydrogen-bond acceptors (Lipinski definition) is 5.